The number of aromatic hydroxyl groups is 1. The molecule has 3 atom stereocenters. The quantitative estimate of drug-likeness (QED) is 0.721. The van der Waals surface area contributed by atoms with Gasteiger partial charge in [0.25, 0.3) is 0 Å². The topological polar surface area (TPSA) is 23.5 Å². The summed E-state index contributed by atoms with van der Waals surface area (Å²) >= 11 is 0. The normalized spacial score (nSPS) is 37.4. The second-order valence-corrected chi connectivity index (χ2v) is 5.65. The molecule has 1 fully saturated rings. The number of phenolic OH excluding ortho intramolecular Hbond substituents is 1. The van der Waals surface area contributed by atoms with Crippen LogP contribution in [0.25, 0.3) is 0 Å². The molecule has 1 heterocycles. The molecule has 16 heavy (non-hydrogen) atoms. The van der Waals surface area contributed by atoms with Crippen molar-refractivity contribution in [3.8, 4) is 5.75 Å². The van der Waals surface area contributed by atoms with Crippen molar-refractivity contribution in [3.63, 3.8) is 0 Å². The number of fused-ring (bicyclic) bond motifs is 3. The SMILES string of the molecule is CC1c2ccc(O)cc2C2(C)CCN(C)C12. The third-order valence-corrected chi connectivity index (χ3v) is 4.73. The monoisotopic (exact) mass is 217 g/mol. The average Bonchev–Trinajstić information content (AvgIpc) is 2.65. The summed E-state index contributed by atoms with van der Waals surface area (Å²) in [6.45, 7) is 5.83. The highest BCUT2D eigenvalue weighted by atomic mass is 16.3. The molecule has 0 aromatic heterocycles. The van der Waals surface area contributed by atoms with Crippen LogP contribution < -0.4 is 0 Å². The van der Waals surface area contributed by atoms with Crippen LogP contribution in [-0.4, -0.2) is 29.6 Å². The van der Waals surface area contributed by atoms with Gasteiger partial charge >= 0.3 is 0 Å². The minimum Gasteiger partial charge on any atom is -0.508 e. The van der Waals surface area contributed by atoms with Gasteiger partial charge in [-0.25, -0.2) is 0 Å². The van der Waals surface area contributed by atoms with Crippen molar-refractivity contribution in [3.05, 3.63) is 29.3 Å². The Morgan fingerprint density at radius 3 is 2.94 bits per heavy atom. The van der Waals surface area contributed by atoms with Crippen molar-refractivity contribution in [2.75, 3.05) is 13.6 Å². The van der Waals surface area contributed by atoms with Crippen molar-refractivity contribution >= 4 is 0 Å². The highest BCUT2D eigenvalue weighted by molar-refractivity contribution is 5.49. The summed E-state index contributed by atoms with van der Waals surface area (Å²) in [4.78, 5) is 2.47. The number of benzene rings is 1. The summed E-state index contributed by atoms with van der Waals surface area (Å²) in [5.74, 6) is 0.982. The summed E-state index contributed by atoms with van der Waals surface area (Å²) in [5, 5.41) is 9.67. The Kier molecular flexibility index (Phi) is 1.91. The number of hydrogen-bond acceptors (Lipinski definition) is 2. The van der Waals surface area contributed by atoms with Crippen LogP contribution in [0.3, 0.4) is 0 Å². The average molecular weight is 217 g/mol. The molecule has 2 heteroatoms. The third kappa shape index (κ3) is 1.06. The van der Waals surface area contributed by atoms with E-state index in [1.807, 2.05) is 12.1 Å². The van der Waals surface area contributed by atoms with E-state index in [-0.39, 0.29) is 5.41 Å². The van der Waals surface area contributed by atoms with E-state index in [2.05, 4.69) is 31.9 Å². The first-order valence-corrected chi connectivity index (χ1v) is 6.07. The summed E-state index contributed by atoms with van der Waals surface area (Å²) in [7, 11) is 2.22. The van der Waals surface area contributed by atoms with Crippen molar-refractivity contribution < 1.29 is 5.11 Å². The van der Waals surface area contributed by atoms with Crippen LogP contribution in [0.2, 0.25) is 0 Å². The molecular formula is C14H19NO. The maximum atomic E-state index is 9.67. The molecular weight excluding hydrogens is 198 g/mol. The van der Waals surface area contributed by atoms with E-state index in [9.17, 15) is 5.11 Å². The first-order valence-electron chi connectivity index (χ1n) is 6.07. The zero-order chi connectivity index (χ0) is 11.5. The highest BCUT2D eigenvalue weighted by Gasteiger charge is 2.52. The summed E-state index contributed by atoms with van der Waals surface area (Å²) in [6, 6.07) is 6.50. The van der Waals surface area contributed by atoms with Gasteiger partial charge in [-0.1, -0.05) is 19.9 Å². The van der Waals surface area contributed by atoms with Gasteiger partial charge in [0.1, 0.15) is 5.75 Å². The molecule has 3 rings (SSSR count). The smallest absolute Gasteiger partial charge is 0.115 e. The van der Waals surface area contributed by atoms with Crippen molar-refractivity contribution in [2.24, 2.45) is 0 Å². The Hall–Kier alpha value is -1.02. The fourth-order valence-electron chi connectivity index (χ4n) is 4.02. The van der Waals surface area contributed by atoms with Gasteiger partial charge in [-0.2, -0.15) is 0 Å². The van der Waals surface area contributed by atoms with Crippen molar-refractivity contribution in [1.29, 1.82) is 0 Å². The molecule has 1 aromatic carbocycles. The van der Waals surface area contributed by atoms with E-state index in [0.29, 0.717) is 17.7 Å². The predicted octanol–water partition coefficient (Wildman–Crippen LogP) is 2.47. The molecule has 2 aliphatic rings. The van der Waals surface area contributed by atoms with Crippen LogP contribution in [0.5, 0.6) is 5.75 Å². The summed E-state index contributed by atoms with van der Waals surface area (Å²) < 4.78 is 0. The standard InChI is InChI=1S/C14H19NO/c1-9-11-5-4-10(16)8-12(11)14(2)6-7-15(3)13(9)14/h4-5,8-9,13,16H,6-7H2,1-3H3. The number of rotatable bonds is 0. The molecule has 1 aliphatic heterocycles. The minimum atomic E-state index is 0.238. The van der Waals surface area contributed by atoms with Gasteiger partial charge in [0.15, 0.2) is 0 Å². The van der Waals surface area contributed by atoms with Crippen LogP contribution in [0.4, 0.5) is 0 Å². The first kappa shape index (κ1) is 10.2. The molecule has 1 aliphatic carbocycles. The van der Waals surface area contributed by atoms with Crippen LogP contribution in [0.1, 0.15) is 37.3 Å². The Labute approximate surface area is 96.9 Å². The molecule has 1 aromatic rings. The molecule has 0 spiro atoms. The van der Waals surface area contributed by atoms with Gasteiger partial charge in [0.05, 0.1) is 0 Å². The molecule has 0 saturated carbocycles. The number of nitrogens with zero attached hydrogens (tertiary/aromatic N) is 1. The Bertz CT molecular complexity index is 442. The zero-order valence-corrected chi connectivity index (χ0v) is 10.2. The van der Waals surface area contributed by atoms with Crippen LogP contribution in [0, 0.1) is 0 Å². The van der Waals surface area contributed by atoms with E-state index >= 15 is 0 Å². The number of likely N-dealkylation sites (N-methyl/N-ethyl adjacent to an activating group) is 1. The lowest BCUT2D eigenvalue weighted by atomic mass is 9.80. The number of hydrogen-bond donors (Lipinski definition) is 1. The lowest BCUT2D eigenvalue weighted by molar-refractivity contribution is 0.244. The molecule has 1 N–H and O–H groups in total. The highest BCUT2D eigenvalue weighted by Crippen LogP contribution is 2.53. The van der Waals surface area contributed by atoms with E-state index in [1.54, 1.807) is 0 Å². The third-order valence-electron chi connectivity index (χ3n) is 4.73. The van der Waals surface area contributed by atoms with Crippen LogP contribution >= 0.6 is 0 Å². The lowest BCUT2D eigenvalue weighted by Crippen LogP contribution is -2.37. The van der Waals surface area contributed by atoms with Gasteiger partial charge in [-0.3, -0.25) is 0 Å². The van der Waals surface area contributed by atoms with Crippen molar-refractivity contribution in [2.45, 2.75) is 37.6 Å². The van der Waals surface area contributed by atoms with Crippen LogP contribution in [-0.2, 0) is 5.41 Å². The maximum absolute atomic E-state index is 9.67. The first-order chi connectivity index (χ1) is 7.54. The van der Waals surface area contributed by atoms with E-state index in [0.717, 1.165) is 0 Å². The summed E-state index contributed by atoms with van der Waals surface area (Å²) in [5.41, 5.74) is 3.04. The van der Waals surface area contributed by atoms with Gasteiger partial charge in [0.2, 0.25) is 0 Å². The summed E-state index contributed by atoms with van der Waals surface area (Å²) in [6.07, 6.45) is 1.20. The Balaban J connectivity index is 2.20. The van der Waals surface area contributed by atoms with Gasteiger partial charge in [-0.05, 0) is 49.2 Å². The lowest BCUT2D eigenvalue weighted by Gasteiger charge is -2.30. The maximum Gasteiger partial charge on any atom is 0.115 e. The molecule has 2 nitrogen and oxygen atoms in total. The fourth-order valence-corrected chi connectivity index (χ4v) is 4.02. The van der Waals surface area contributed by atoms with Gasteiger partial charge in [-0.15, -0.1) is 0 Å². The van der Waals surface area contributed by atoms with E-state index in [1.165, 1.54) is 24.1 Å². The van der Waals surface area contributed by atoms with Gasteiger partial charge in [0, 0.05) is 11.5 Å². The second-order valence-electron chi connectivity index (χ2n) is 5.65. The minimum absolute atomic E-state index is 0.238. The molecule has 3 unspecified atom stereocenters. The fraction of sp³-hybridized carbons (Fsp3) is 0.571. The Morgan fingerprint density at radius 1 is 1.44 bits per heavy atom. The van der Waals surface area contributed by atoms with E-state index < -0.39 is 0 Å². The largest absolute Gasteiger partial charge is 0.508 e. The number of phenols is 1. The molecule has 0 bridgehead atoms. The van der Waals surface area contributed by atoms with Gasteiger partial charge < -0.3 is 10.0 Å². The molecule has 0 radical (unpaired) electrons. The predicted molar refractivity (Wildman–Crippen MR) is 64.9 cm³/mol. The van der Waals surface area contributed by atoms with E-state index in [4.69, 9.17) is 0 Å². The van der Waals surface area contributed by atoms with Crippen molar-refractivity contribution in [1.82, 2.24) is 4.90 Å². The molecule has 86 valence electrons. The van der Waals surface area contributed by atoms with Crippen LogP contribution in [0.15, 0.2) is 18.2 Å². The number of likely N-dealkylation sites (tertiary alicyclic amines) is 1. The molecule has 1 saturated heterocycles. The molecule has 0 amide bonds. The zero-order valence-electron chi connectivity index (χ0n) is 10.2. The Morgan fingerprint density at radius 2 is 2.19 bits per heavy atom. The second kappa shape index (κ2) is 3.01.